The van der Waals surface area contributed by atoms with Crippen LogP contribution in [0.3, 0.4) is 0 Å². The molecule has 5 aromatic rings. The highest BCUT2D eigenvalue weighted by molar-refractivity contribution is 6.08. The smallest absolute Gasteiger partial charge is 0.252 e. The number of nitrogens with one attached hydrogen (secondary N) is 1. The first-order valence-corrected chi connectivity index (χ1v) is 10.6. The molecule has 0 aliphatic rings. The normalized spacial score (nSPS) is 12.1. The number of amides is 2. The van der Waals surface area contributed by atoms with Crippen molar-refractivity contribution in [1.29, 1.82) is 0 Å². The van der Waals surface area contributed by atoms with Crippen LogP contribution in [0.4, 0.5) is 0 Å². The third-order valence-electron chi connectivity index (χ3n) is 5.97. The van der Waals surface area contributed by atoms with Crippen molar-refractivity contribution >= 4 is 44.1 Å². The van der Waals surface area contributed by atoms with Gasteiger partial charge in [0.05, 0.1) is 0 Å². The second kappa shape index (κ2) is 8.16. The van der Waals surface area contributed by atoms with Crippen molar-refractivity contribution in [3.8, 4) is 0 Å². The Morgan fingerprint density at radius 1 is 0.688 bits per heavy atom. The minimum absolute atomic E-state index is 0.310. The zero-order chi connectivity index (χ0) is 22.1. The van der Waals surface area contributed by atoms with E-state index in [1.165, 1.54) is 0 Å². The second-order valence-corrected chi connectivity index (χ2v) is 7.96. The molecule has 0 unspecified atom stereocenters. The van der Waals surface area contributed by atoms with Crippen LogP contribution in [0.2, 0.25) is 0 Å². The Kier molecular flexibility index (Phi) is 5.04. The first-order valence-electron chi connectivity index (χ1n) is 10.6. The number of carbonyl (C=O) groups excluding carboxylic acids is 2. The molecule has 0 saturated carbocycles. The average Bonchev–Trinajstić information content (AvgIpc) is 2.82. The maximum Gasteiger partial charge on any atom is 0.252 e. The van der Waals surface area contributed by atoms with Gasteiger partial charge in [-0.2, -0.15) is 0 Å². The van der Waals surface area contributed by atoms with Crippen LogP contribution < -0.4 is 11.1 Å². The van der Waals surface area contributed by atoms with Crippen molar-refractivity contribution in [2.24, 2.45) is 5.73 Å². The van der Waals surface area contributed by atoms with E-state index in [2.05, 4.69) is 23.5 Å². The van der Waals surface area contributed by atoms with Crippen molar-refractivity contribution in [3.63, 3.8) is 0 Å². The van der Waals surface area contributed by atoms with Gasteiger partial charge >= 0.3 is 0 Å². The zero-order valence-electron chi connectivity index (χ0n) is 17.4. The molecule has 0 aromatic heterocycles. The molecule has 0 saturated heterocycles. The third kappa shape index (κ3) is 3.56. The molecule has 0 fully saturated rings. The largest absolute Gasteiger partial charge is 0.368 e. The lowest BCUT2D eigenvalue weighted by Crippen LogP contribution is -2.46. The molecule has 5 rings (SSSR count). The summed E-state index contributed by atoms with van der Waals surface area (Å²) in [6, 6.07) is 30.7. The number of benzene rings is 5. The minimum atomic E-state index is -0.837. The van der Waals surface area contributed by atoms with Crippen LogP contribution in [0, 0.1) is 0 Å². The fourth-order valence-corrected chi connectivity index (χ4v) is 4.41. The Bertz CT molecular complexity index is 1430. The quantitative estimate of drug-likeness (QED) is 0.396. The molecule has 4 heteroatoms. The van der Waals surface area contributed by atoms with Gasteiger partial charge in [-0.1, -0.05) is 84.9 Å². The second-order valence-electron chi connectivity index (χ2n) is 7.96. The Hall–Kier alpha value is -4.18. The van der Waals surface area contributed by atoms with Crippen LogP contribution in [0.5, 0.6) is 0 Å². The molecule has 3 N–H and O–H groups in total. The molecule has 2 amide bonds. The summed E-state index contributed by atoms with van der Waals surface area (Å²) in [5.41, 5.74) is 7.28. The predicted molar refractivity (Wildman–Crippen MR) is 130 cm³/mol. The van der Waals surface area contributed by atoms with E-state index in [0.29, 0.717) is 12.0 Å². The standard InChI is InChI=1S/C28H22N2O2/c29-27(31)26(30-28(32)24-15-7-11-18-8-1-4-12-21(18)24)17-25-22-13-5-2-9-19(22)16-20-10-3-6-14-23(20)25/h1-16,26H,17H2,(H2,29,31)(H,30,32)/t26-/m1/s1. The first kappa shape index (κ1) is 19.8. The number of rotatable bonds is 5. The van der Waals surface area contributed by atoms with E-state index in [0.717, 1.165) is 37.9 Å². The molecule has 32 heavy (non-hydrogen) atoms. The lowest BCUT2D eigenvalue weighted by Gasteiger charge is -2.19. The molecule has 4 nitrogen and oxygen atoms in total. The van der Waals surface area contributed by atoms with Crippen molar-refractivity contribution in [1.82, 2.24) is 5.32 Å². The summed E-state index contributed by atoms with van der Waals surface area (Å²) in [6.45, 7) is 0. The lowest BCUT2D eigenvalue weighted by atomic mass is 9.92. The summed E-state index contributed by atoms with van der Waals surface area (Å²) in [4.78, 5) is 25.6. The van der Waals surface area contributed by atoms with Gasteiger partial charge in [0.1, 0.15) is 6.04 Å². The molecule has 5 aromatic carbocycles. The summed E-state index contributed by atoms with van der Waals surface area (Å²) in [5, 5.41) is 8.98. The van der Waals surface area contributed by atoms with E-state index >= 15 is 0 Å². The van der Waals surface area contributed by atoms with E-state index in [1.54, 1.807) is 6.07 Å². The number of carbonyl (C=O) groups is 2. The monoisotopic (exact) mass is 418 g/mol. The maximum absolute atomic E-state index is 13.2. The van der Waals surface area contributed by atoms with Gasteiger partial charge in [0.2, 0.25) is 5.91 Å². The van der Waals surface area contributed by atoms with Crippen LogP contribution in [-0.4, -0.2) is 17.9 Å². The van der Waals surface area contributed by atoms with Gasteiger partial charge in [0.25, 0.3) is 5.91 Å². The van der Waals surface area contributed by atoms with Crippen molar-refractivity contribution < 1.29 is 9.59 Å². The van der Waals surface area contributed by atoms with E-state index in [4.69, 9.17) is 5.73 Å². The van der Waals surface area contributed by atoms with Gasteiger partial charge in [-0.3, -0.25) is 9.59 Å². The van der Waals surface area contributed by atoms with E-state index in [9.17, 15) is 9.59 Å². The molecule has 0 aliphatic carbocycles. The van der Waals surface area contributed by atoms with Gasteiger partial charge in [0, 0.05) is 12.0 Å². The van der Waals surface area contributed by atoms with E-state index < -0.39 is 11.9 Å². The number of hydrogen-bond donors (Lipinski definition) is 2. The first-order chi connectivity index (χ1) is 15.6. The van der Waals surface area contributed by atoms with Crippen molar-refractivity contribution in [2.75, 3.05) is 0 Å². The fraction of sp³-hybridized carbons (Fsp3) is 0.0714. The topological polar surface area (TPSA) is 72.2 Å². The predicted octanol–water partition coefficient (Wildman–Crippen LogP) is 4.97. The molecule has 0 aliphatic heterocycles. The highest BCUT2D eigenvalue weighted by Gasteiger charge is 2.22. The Balaban J connectivity index is 1.55. The van der Waals surface area contributed by atoms with Gasteiger partial charge in [-0.05, 0) is 50.0 Å². The summed E-state index contributed by atoms with van der Waals surface area (Å²) in [7, 11) is 0. The Labute approximate surface area is 185 Å². The van der Waals surface area contributed by atoms with Crippen LogP contribution in [0.1, 0.15) is 15.9 Å². The number of primary amides is 1. The van der Waals surface area contributed by atoms with Crippen molar-refractivity contribution in [2.45, 2.75) is 12.5 Å². The summed E-state index contributed by atoms with van der Waals surface area (Å²) in [5.74, 6) is -0.870. The minimum Gasteiger partial charge on any atom is -0.368 e. The van der Waals surface area contributed by atoms with Crippen LogP contribution >= 0.6 is 0 Å². The zero-order valence-corrected chi connectivity index (χ0v) is 17.4. The molecule has 0 heterocycles. The average molecular weight is 418 g/mol. The van der Waals surface area contributed by atoms with Gasteiger partial charge < -0.3 is 11.1 Å². The highest BCUT2D eigenvalue weighted by atomic mass is 16.2. The van der Waals surface area contributed by atoms with Crippen LogP contribution in [0.25, 0.3) is 32.3 Å². The maximum atomic E-state index is 13.2. The summed E-state index contributed by atoms with van der Waals surface area (Å²) >= 11 is 0. The number of nitrogens with two attached hydrogens (primary N) is 1. The lowest BCUT2D eigenvalue weighted by molar-refractivity contribution is -0.119. The third-order valence-corrected chi connectivity index (χ3v) is 5.97. The van der Waals surface area contributed by atoms with Gasteiger partial charge in [0.15, 0.2) is 0 Å². The molecule has 0 bridgehead atoms. The molecular weight excluding hydrogens is 396 g/mol. The van der Waals surface area contributed by atoms with E-state index in [-0.39, 0.29) is 5.91 Å². The summed E-state index contributed by atoms with van der Waals surface area (Å²) < 4.78 is 0. The molecular formula is C28H22N2O2. The van der Waals surface area contributed by atoms with Gasteiger partial charge in [-0.15, -0.1) is 0 Å². The van der Waals surface area contributed by atoms with Crippen LogP contribution in [0.15, 0.2) is 97.1 Å². The Morgan fingerprint density at radius 3 is 1.84 bits per heavy atom. The van der Waals surface area contributed by atoms with Gasteiger partial charge in [-0.25, -0.2) is 0 Å². The summed E-state index contributed by atoms with van der Waals surface area (Å²) in [6.07, 6.45) is 0.313. The Morgan fingerprint density at radius 2 is 1.22 bits per heavy atom. The van der Waals surface area contributed by atoms with Crippen molar-refractivity contribution in [3.05, 3.63) is 108 Å². The SMILES string of the molecule is NC(=O)[C@@H](Cc1c2ccccc2cc2ccccc12)NC(=O)c1cccc2ccccc12. The van der Waals surface area contributed by atoms with E-state index in [1.807, 2.05) is 72.8 Å². The molecule has 0 spiro atoms. The molecule has 156 valence electrons. The fourth-order valence-electron chi connectivity index (χ4n) is 4.41. The molecule has 1 atom stereocenters. The highest BCUT2D eigenvalue weighted by Crippen LogP contribution is 2.29. The number of fused-ring (bicyclic) bond motifs is 3. The number of hydrogen-bond acceptors (Lipinski definition) is 2. The van der Waals surface area contributed by atoms with Crippen LogP contribution in [-0.2, 0) is 11.2 Å². The molecule has 0 radical (unpaired) electrons.